The Morgan fingerprint density at radius 2 is 2.17 bits per heavy atom. The van der Waals surface area contributed by atoms with Crippen LogP contribution in [0, 0.1) is 5.92 Å². The van der Waals surface area contributed by atoms with E-state index in [-0.39, 0.29) is 11.2 Å². The maximum absolute atomic E-state index is 6.24. The summed E-state index contributed by atoms with van der Waals surface area (Å²) >= 11 is 1.77. The van der Waals surface area contributed by atoms with Gasteiger partial charge in [-0.25, -0.2) is 0 Å². The van der Waals surface area contributed by atoms with Crippen molar-refractivity contribution < 1.29 is 4.74 Å². The van der Waals surface area contributed by atoms with Crippen molar-refractivity contribution in [3.8, 4) is 0 Å². The predicted octanol–water partition coefficient (Wildman–Crippen LogP) is 3.99. The summed E-state index contributed by atoms with van der Waals surface area (Å²) in [5.41, 5.74) is 1.32. The molecule has 2 unspecified atom stereocenters. The highest BCUT2D eigenvalue weighted by Gasteiger charge is 2.49. The summed E-state index contributed by atoms with van der Waals surface area (Å²) in [6.07, 6.45) is 1.10. The van der Waals surface area contributed by atoms with Crippen molar-refractivity contribution >= 4 is 11.3 Å². The van der Waals surface area contributed by atoms with Crippen LogP contribution in [-0.4, -0.2) is 17.7 Å². The Morgan fingerprint density at radius 1 is 1.44 bits per heavy atom. The molecule has 2 nitrogen and oxygen atoms in total. The molecular weight excluding hydrogens is 242 g/mol. The molecule has 2 rings (SSSR count). The predicted molar refractivity (Wildman–Crippen MR) is 78.1 cm³/mol. The lowest BCUT2D eigenvalue weighted by Gasteiger charge is -2.33. The third-order valence-corrected chi connectivity index (χ3v) is 4.57. The standard InChI is InChI=1S/C15H25NOS/c1-6-16-13(11-7-8-18-10-11)12-9-14(2,3)17-15(12,4)5/h7-8,10,12-13,16H,6,9H2,1-5H3. The van der Waals surface area contributed by atoms with Gasteiger partial charge in [0.25, 0.3) is 0 Å². The molecule has 0 radical (unpaired) electrons. The van der Waals surface area contributed by atoms with E-state index in [1.807, 2.05) is 0 Å². The summed E-state index contributed by atoms with van der Waals surface area (Å²) < 4.78 is 6.24. The minimum atomic E-state index is -0.0712. The van der Waals surface area contributed by atoms with E-state index < -0.39 is 0 Å². The molecule has 0 aliphatic carbocycles. The fraction of sp³-hybridized carbons (Fsp3) is 0.733. The van der Waals surface area contributed by atoms with Gasteiger partial charge in [0.05, 0.1) is 11.2 Å². The highest BCUT2D eigenvalue weighted by Crippen LogP contribution is 2.47. The van der Waals surface area contributed by atoms with Crippen LogP contribution >= 0.6 is 11.3 Å². The molecule has 18 heavy (non-hydrogen) atoms. The second kappa shape index (κ2) is 4.95. The zero-order valence-corrected chi connectivity index (χ0v) is 12.9. The van der Waals surface area contributed by atoms with Crippen LogP contribution in [0.4, 0.5) is 0 Å². The van der Waals surface area contributed by atoms with Gasteiger partial charge in [-0.3, -0.25) is 0 Å². The summed E-state index contributed by atoms with van der Waals surface area (Å²) in [6.45, 7) is 12.0. The topological polar surface area (TPSA) is 21.3 Å². The van der Waals surface area contributed by atoms with E-state index in [1.165, 1.54) is 5.56 Å². The lowest BCUT2D eigenvalue weighted by Crippen LogP contribution is -2.38. The van der Waals surface area contributed by atoms with E-state index >= 15 is 0 Å². The van der Waals surface area contributed by atoms with E-state index in [0.29, 0.717) is 12.0 Å². The molecule has 3 heteroatoms. The van der Waals surface area contributed by atoms with Crippen LogP contribution in [0.15, 0.2) is 16.8 Å². The van der Waals surface area contributed by atoms with Gasteiger partial charge >= 0.3 is 0 Å². The van der Waals surface area contributed by atoms with Crippen LogP contribution in [0.3, 0.4) is 0 Å². The van der Waals surface area contributed by atoms with Crippen LogP contribution in [0.1, 0.15) is 52.6 Å². The zero-order chi connectivity index (χ0) is 13.4. The molecule has 0 amide bonds. The molecule has 1 aliphatic heterocycles. The highest BCUT2D eigenvalue weighted by molar-refractivity contribution is 7.07. The number of ether oxygens (including phenoxy) is 1. The lowest BCUT2D eigenvalue weighted by molar-refractivity contribution is -0.0778. The molecular formula is C15H25NOS. The Labute approximate surface area is 115 Å². The molecule has 1 aromatic heterocycles. The number of nitrogens with one attached hydrogen (secondary N) is 1. The van der Waals surface area contributed by atoms with Gasteiger partial charge in [0.1, 0.15) is 0 Å². The number of thiophene rings is 1. The molecule has 1 saturated heterocycles. The quantitative estimate of drug-likeness (QED) is 0.890. The third kappa shape index (κ3) is 2.79. The molecule has 0 bridgehead atoms. The Hall–Kier alpha value is -0.380. The van der Waals surface area contributed by atoms with Crippen molar-refractivity contribution in [3.63, 3.8) is 0 Å². The third-order valence-electron chi connectivity index (χ3n) is 3.87. The van der Waals surface area contributed by atoms with Crippen molar-refractivity contribution in [1.29, 1.82) is 0 Å². The Bertz CT molecular complexity index is 383. The lowest BCUT2D eigenvalue weighted by atomic mass is 9.79. The maximum Gasteiger partial charge on any atom is 0.0681 e. The van der Waals surface area contributed by atoms with Gasteiger partial charge in [-0.05, 0) is 63.1 Å². The van der Waals surface area contributed by atoms with Crippen molar-refractivity contribution in [2.45, 2.75) is 58.3 Å². The highest BCUT2D eigenvalue weighted by atomic mass is 32.1. The summed E-state index contributed by atoms with van der Waals surface area (Å²) in [6, 6.07) is 2.64. The fourth-order valence-electron chi connectivity index (χ4n) is 3.29. The van der Waals surface area contributed by atoms with Gasteiger partial charge in [-0.15, -0.1) is 0 Å². The Balaban J connectivity index is 2.26. The average Bonchev–Trinajstić information content (AvgIpc) is 2.80. The first kappa shape index (κ1) is 14.0. The number of hydrogen-bond donors (Lipinski definition) is 1. The molecule has 1 aliphatic rings. The van der Waals surface area contributed by atoms with Gasteiger partial charge in [0, 0.05) is 12.0 Å². The van der Waals surface area contributed by atoms with E-state index in [9.17, 15) is 0 Å². The molecule has 1 aromatic rings. The molecule has 0 spiro atoms. The van der Waals surface area contributed by atoms with Crippen LogP contribution in [0.2, 0.25) is 0 Å². The Morgan fingerprint density at radius 3 is 2.61 bits per heavy atom. The summed E-state index contributed by atoms with van der Waals surface area (Å²) in [7, 11) is 0. The molecule has 0 aromatic carbocycles. The second-order valence-electron chi connectivity index (χ2n) is 6.37. The van der Waals surface area contributed by atoms with Gasteiger partial charge in [-0.1, -0.05) is 6.92 Å². The van der Waals surface area contributed by atoms with Crippen LogP contribution in [0.25, 0.3) is 0 Å². The van der Waals surface area contributed by atoms with E-state index in [4.69, 9.17) is 4.74 Å². The largest absolute Gasteiger partial charge is 0.369 e. The van der Waals surface area contributed by atoms with E-state index in [1.54, 1.807) is 11.3 Å². The van der Waals surface area contributed by atoms with Gasteiger partial charge in [0.2, 0.25) is 0 Å². The molecule has 1 fully saturated rings. The first-order chi connectivity index (χ1) is 8.36. The molecule has 102 valence electrons. The normalized spacial score (nSPS) is 27.3. The van der Waals surface area contributed by atoms with Crippen molar-refractivity contribution in [1.82, 2.24) is 5.32 Å². The zero-order valence-electron chi connectivity index (χ0n) is 12.1. The SMILES string of the molecule is CCNC(c1ccsc1)C1CC(C)(C)OC1(C)C. The van der Waals surface area contributed by atoms with Crippen LogP contribution < -0.4 is 5.32 Å². The molecule has 2 atom stereocenters. The monoisotopic (exact) mass is 267 g/mol. The molecule has 2 heterocycles. The Kier molecular flexibility index (Phi) is 3.86. The summed E-state index contributed by atoms with van der Waals surface area (Å²) in [5.74, 6) is 0.516. The van der Waals surface area contributed by atoms with Crippen molar-refractivity contribution in [2.75, 3.05) is 6.54 Å². The molecule has 0 saturated carbocycles. The van der Waals surface area contributed by atoms with E-state index in [0.717, 1.165) is 13.0 Å². The van der Waals surface area contributed by atoms with Gasteiger partial charge in [0.15, 0.2) is 0 Å². The van der Waals surface area contributed by atoms with E-state index in [2.05, 4.69) is 56.8 Å². The average molecular weight is 267 g/mol. The molecule has 1 N–H and O–H groups in total. The second-order valence-corrected chi connectivity index (χ2v) is 7.15. The van der Waals surface area contributed by atoms with Gasteiger partial charge < -0.3 is 10.1 Å². The minimum absolute atomic E-state index is 0.0160. The van der Waals surface area contributed by atoms with Crippen LogP contribution in [0.5, 0.6) is 0 Å². The van der Waals surface area contributed by atoms with Crippen molar-refractivity contribution in [2.24, 2.45) is 5.92 Å². The minimum Gasteiger partial charge on any atom is -0.369 e. The van der Waals surface area contributed by atoms with Crippen LogP contribution in [-0.2, 0) is 4.74 Å². The first-order valence-corrected chi connectivity index (χ1v) is 7.75. The van der Waals surface area contributed by atoms with Gasteiger partial charge in [-0.2, -0.15) is 11.3 Å². The fourth-order valence-corrected chi connectivity index (χ4v) is 3.98. The summed E-state index contributed by atoms with van der Waals surface area (Å²) in [4.78, 5) is 0. The number of rotatable bonds is 4. The number of hydrogen-bond acceptors (Lipinski definition) is 3. The first-order valence-electron chi connectivity index (χ1n) is 6.81. The van der Waals surface area contributed by atoms with Crippen molar-refractivity contribution in [3.05, 3.63) is 22.4 Å². The maximum atomic E-state index is 6.24. The summed E-state index contributed by atoms with van der Waals surface area (Å²) in [5, 5.41) is 8.07. The smallest absolute Gasteiger partial charge is 0.0681 e.